The lowest BCUT2D eigenvalue weighted by Gasteiger charge is -2.13. The Bertz CT molecular complexity index is 1590. The number of carbonyl (C=O) groups excluding carboxylic acids is 3. The van der Waals surface area contributed by atoms with E-state index >= 15 is 0 Å². The van der Waals surface area contributed by atoms with Crippen LogP contribution in [0, 0.1) is 5.92 Å². The summed E-state index contributed by atoms with van der Waals surface area (Å²) in [4.78, 5) is 42.4. The maximum Gasteiger partial charge on any atom is 0.421 e. The summed E-state index contributed by atoms with van der Waals surface area (Å²) in [5.41, 5.74) is 7.96. The van der Waals surface area contributed by atoms with E-state index in [0.717, 1.165) is 36.1 Å². The molecule has 1 saturated carbocycles. The largest absolute Gasteiger partial charge is 0.449 e. The van der Waals surface area contributed by atoms with E-state index in [2.05, 4.69) is 11.9 Å². The third kappa shape index (κ3) is 6.86. The van der Waals surface area contributed by atoms with Gasteiger partial charge in [0.05, 0.1) is 18.0 Å². The molecule has 40 heavy (non-hydrogen) atoms. The van der Waals surface area contributed by atoms with Crippen LogP contribution in [-0.4, -0.2) is 37.5 Å². The number of aromatic nitrogens is 1. The summed E-state index contributed by atoms with van der Waals surface area (Å²) < 4.78 is 34.1. The number of carbonyl (C=O) groups is 3. The number of rotatable bonds is 11. The average molecular weight is 585 g/mol. The van der Waals surface area contributed by atoms with Crippen molar-refractivity contribution in [3.8, 4) is 11.1 Å². The second-order valence-electron chi connectivity index (χ2n) is 9.45. The Labute approximate surface area is 236 Å². The molecule has 0 saturated heterocycles. The molecule has 3 amide bonds. The maximum absolute atomic E-state index is 12.9. The molecule has 0 unspecified atom stereocenters. The molecule has 2 aromatic carbocycles. The van der Waals surface area contributed by atoms with E-state index in [4.69, 9.17) is 10.5 Å². The molecular weight excluding hydrogens is 552 g/mol. The van der Waals surface area contributed by atoms with Gasteiger partial charge in [-0.05, 0) is 49.8 Å². The van der Waals surface area contributed by atoms with Gasteiger partial charge in [-0.3, -0.25) is 9.59 Å². The highest BCUT2D eigenvalue weighted by Crippen LogP contribution is 2.30. The van der Waals surface area contributed by atoms with Gasteiger partial charge in [0.1, 0.15) is 5.69 Å². The third-order valence-electron chi connectivity index (χ3n) is 6.38. The van der Waals surface area contributed by atoms with E-state index in [1.807, 2.05) is 16.9 Å². The molecule has 0 radical (unpaired) electrons. The van der Waals surface area contributed by atoms with Crippen LogP contribution in [-0.2, 0) is 32.5 Å². The van der Waals surface area contributed by atoms with E-state index < -0.39 is 22.0 Å². The van der Waals surface area contributed by atoms with Crippen molar-refractivity contribution in [3.63, 3.8) is 0 Å². The number of hydrogen-bond acceptors (Lipinski definition) is 7. The van der Waals surface area contributed by atoms with Crippen molar-refractivity contribution in [3.05, 3.63) is 69.5 Å². The van der Waals surface area contributed by atoms with Gasteiger partial charge in [-0.1, -0.05) is 55.8 Å². The Morgan fingerprint density at radius 2 is 1.80 bits per heavy atom. The zero-order valence-electron chi connectivity index (χ0n) is 22.4. The lowest BCUT2D eigenvalue weighted by Crippen LogP contribution is -2.31. The van der Waals surface area contributed by atoms with Gasteiger partial charge in [0.2, 0.25) is 0 Å². The second-order valence-corrected chi connectivity index (χ2v) is 12.2. The maximum atomic E-state index is 12.9. The molecule has 0 bridgehead atoms. The van der Waals surface area contributed by atoms with Crippen LogP contribution in [0.15, 0.2) is 58.4 Å². The van der Waals surface area contributed by atoms with E-state index in [0.29, 0.717) is 28.0 Å². The molecule has 10 nitrogen and oxygen atoms in total. The van der Waals surface area contributed by atoms with Crippen molar-refractivity contribution >= 4 is 39.3 Å². The van der Waals surface area contributed by atoms with Gasteiger partial charge >= 0.3 is 6.09 Å². The lowest BCUT2D eigenvalue weighted by atomic mass is 10.0. The minimum absolute atomic E-state index is 0.0356. The van der Waals surface area contributed by atoms with Crippen LogP contribution in [0.4, 0.5) is 4.79 Å². The molecule has 3 N–H and O–H groups in total. The quantitative estimate of drug-likeness (QED) is 0.348. The van der Waals surface area contributed by atoms with Crippen LogP contribution in [0.5, 0.6) is 0 Å². The molecule has 1 aromatic heterocycles. The zero-order chi connectivity index (χ0) is 28.9. The van der Waals surface area contributed by atoms with Crippen LogP contribution >= 0.6 is 11.3 Å². The van der Waals surface area contributed by atoms with Crippen LogP contribution in [0.25, 0.3) is 11.1 Å². The fraction of sp³-hybridized carbons (Fsp3) is 0.357. The third-order valence-corrected chi connectivity index (χ3v) is 8.89. The summed E-state index contributed by atoms with van der Waals surface area (Å²) in [7, 11) is -4.18. The van der Waals surface area contributed by atoms with Crippen molar-refractivity contribution in [1.29, 1.82) is 0 Å². The van der Waals surface area contributed by atoms with E-state index in [9.17, 15) is 22.8 Å². The number of nitrogens with two attached hydrogens (primary N) is 1. The van der Waals surface area contributed by atoms with Crippen LogP contribution in [0.2, 0.25) is 0 Å². The van der Waals surface area contributed by atoms with Crippen LogP contribution in [0.3, 0.4) is 0 Å². The fourth-order valence-electron chi connectivity index (χ4n) is 4.22. The molecule has 212 valence electrons. The van der Waals surface area contributed by atoms with Crippen LogP contribution < -0.4 is 15.3 Å². The predicted molar refractivity (Wildman–Crippen MR) is 151 cm³/mol. The summed E-state index contributed by atoms with van der Waals surface area (Å²) in [6, 6.07) is 13.5. The number of thiazole rings is 1. The summed E-state index contributed by atoms with van der Waals surface area (Å²) >= 11 is 1.32. The topological polar surface area (TPSA) is 150 Å². The first-order valence-corrected chi connectivity index (χ1v) is 15.4. The number of amides is 3. The highest BCUT2D eigenvalue weighted by atomic mass is 32.2. The number of ether oxygens (including phenoxy) is 1. The standard InChI is InChI=1S/C28H32N4O6S2/c1-3-5-9-22-24(25(29)33)32(27(39-22)30-26(34)20-15-16-20)17-18-11-13-19(14-12-18)21-8-6-7-10-23(21)40(36,37)31-28(35)38-4-2/h6-8,10-14,20H,3-5,9,15-17H2,1-2H3,(H2,29,33)(H,31,35). The van der Waals surface area contributed by atoms with Gasteiger partial charge in [-0.15, -0.1) is 11.3 Å². The van der Waals surface area contributed by atoms with Gasteiger partial charge in [0.25, 0.3) is 21.8 Å². The summed E-state index contributed by atoms with van der Waals surface area (Å²) in [6.07, 6.45) is 3.08. The first-order chi connectivity index (χ1) is 19.1. The summed E-state index contributed by atoms with van der Waals surface area (Å²) in [6.45, 7) is 3.93. The molecule has 4 rings (SSSR count). The molecule has 1 aliphatic rings. The Balaban J connectivity index is 1.68. The van der Waals surface area contributed by atoms with Gasteiger partial charge < -0.3 is 15.0 Å². The Morgan fingerprint density at radius 3 is 2.42 bits per heavy atom. The minimum atomic E-state index is -4.18. The molecule has 1 heterocycles. The second kappa shape index (κ2) is 12.6. The first kappa shape index (κ1) is 29.2. The SMILES string of the molecule is CCCCc1sc(=NC(=O)C2CC2)n(Cc2ccc(-c3ccccc3S(=O)(=O)NC(=O)OCC)cc2)c1C(N)=O. The normalized spacial score (nSPS) is 13.7. The number of hydrogen-bond donors (Lipinski definition) is 2. The Hall–Kier alpha value is -3.77. The van der Waals surface area contributed by atoms with Crippen molar-refractivity contribution < 1.29 is 27.5 Å². The summed E-state index contributed by atoms with van der Waals surface area (Å²) in [5.74, 6) is -0.814. The number of unbranched alkanes of at least 4 members (excludes halogenated alkanes) is 1. The first-order valence-electron chi connectivity index (χ1n) is 13.1. The van der Waals surface area contributed by atoms with Crippen molar-refractivity contribution in [2.24, 2.45) is 16.6 Å². The van der Waals surface area contributed by atoms with E-state index in [-0.39, 0.29) is 29.9 Å². The smallest absolute Gasteiger partial charge is 0.421 e. The molecule has 0 aliphatic heterocycles. The van der Waals surface area contributed by atoms with Gasteiger partial charge in [-0.25, -0.2) is 17.9 Å². The Kier molecular flexibility index (Phi) is 9.21. The fourth-order valence-corrected chi connectivity index (χ4v) is 6.52. The predicted octanol–water partition coefficient (Wildman–Crippen LogP) is 3.98. The van der Waals surface area contributed by atoms with E-state index in [1.54, 1.807) is 41.8 Å². The minimum Gasteiger partial charge on any atom is -0.449 e. The number of aryl methyl sites for hydroxylation is 1. The molecule has 0 atom stereocenters. The Morgan fingerprint density at radius 1 is 1.10 bits per heavy atom. The molecular formula is C28H32N4O6S2. The lowest BCUT2D eigenvalue weighted by molar-refractivity contribution is -0.119. The number of nitrogens with one attached hydrogen (secondary N) is 1. The molecule has 1 aliphatic carbocycles. The highest BCUT2D eigenvalue weighted by Gasteiger charge is 2.30. The van der Waals surface area contributed by atoms with Crippen molar-refractivity contribution in [2.75, 3.05) is 6.61 Å². The van der Waals surface area contributed by atoms with Gasteiger partial charge in [0.15, 0.2) is 4.80 Å². The van der Waals surface area contributed by atoms with Gasteiger partial charge in [0, 0.05) is 16.4 Å². The summed E-state index contributed by atoms with van der Waals surface area (Å²) in [5, 5.41) is 0. The number of primary amides is 1. The number of sulfonamides is 1. The molecule has 3 aromatic rings. The van der Waals surface area contributed by atoms with E-state index in [1.165, 1.54) is 17.4 Å². The molecule has 1 fully saturated rings. The molecule has 0 spiro atoms. The zero-order valence-corrected chi connectivity index (χ0v) is 24.0. The number of nitrogens with zero attached hydrogens (tertiary/aromatic N) is 2. The number of benzene rings is 2. The average Bonchev–Trinajstić information content (AvgIpc) is 3.71. The van der Waals surface area contributed by atoms with Crippen LogP contribution in [0.1, 0.15) is 60.5 Å². The van der Waals surface area contributed by atoms with Gasteiger partial charge in [-0.2, -0.15) is 4.99 Å². The monoisotopic (exact) mass is 584 g/mol. The van der Waals surface area contributed by atoms with Crippen molar-refractivity contribution in [2.45, 2.75) is 57.4 Å². The highest BCUT2D eigenvalue weighted by molar-refractivity contribution is 7.90. The molecule has 12 heteroatoms. The van der Waals surface area contributed by atoms with Crippen molar-refractivity contribution in [1.82, 2.24) is 9.29 Å².